The lowest BCUT2D eigenvalue weighted by Crippen LogP contribution is -2.46. The number of ketones is 1. The smallest absolute Gasteiger partial charge is 0.252 e. The summed E-state index contributed by atoms with van der Waals surface area (Å²) in [5, 5.41) is 23.4. The van der Waals surface area contributed by atoms with Crippen LogP contribution in [-0.2, 0) is 45.1 Å². The van der Waals surface area contributed by atoms with E-state index in [1.54, 1.807) is 24.3 Å². The third-order valence-electron chi connectivity index (χ3n) is 7.85. The molecule has 1 amide bonds. The van der Waals surface area contributed by atoms with E-state index in [9.17, 15) is 28.2 Å². The average Bonchev–Trinajstić information content (AvgIpc) is 3.09. The number of fused-ring (bicyclic) bond motifs is 1. The zero-order chi connectivity index (χ0) is 36.5. The van der Waals surface area contributed by atoms with Gasteiger partial charge >= 0.3 is 0 Å². The Morgan fingerprint density at radius 1 is 0.920 bits per heavy atom. The molecular weight excluding hydrogens is 713 g/mol. The van der Waals surface area contributed by atoms with Crippen LogP contribution >= 0.6 is 23.2 Å². The highest BCUT2D eigenvalue weighted by molar-refractivity contribution is 7.89. The molecule has 0 fully saturated rings. The maximum Gasteiger partial charge on any atom is 0.252 e. The molecule has 0 aromatic heterocycles. The minimum Gasteiger partial charge on any atom is -0.382 e. The van der Waals surface area contributed by atoms with E-state index in [1.807, 2.05) is 26.1 Å². The predicted molar refractivity (Wildman–Crippen MR) is 189 cm³/mol. The highest BCUT2D eigenvalue weighted by Crippen LogP contribution is 2.38. The molecule has 0 radical (unpaired) electrons. The molecule has 1 aliphatic rings. The molecule has 4 N–H and O–H groups in total. The van der Waals surface area contributed by atoms with E-state index < -0.39 is 33.9 Å². The summed E-state index contributed by atoms with van der Waals surface area (Å²) >= 11 is 12.8. The molecule has 0 aliphatic carbocycles. The predicted octanol–water partition coefficient (Wildman–Crippen LogP) is 2.51. The van der Waals surface area contributed by atoms with Gasteiger partial charge in [-0.3, -0.25) is 9.59 Å². The van der Waals surface area contributed by atoms with Crippen molar-refractivity contribution in [1.82, 2.24) is 14.9 Å². The maximum absolute atomic E-state index is 13.0. The van der Waals surface area contributed by atoms with E-state index in [0.29, 0.717) is 42.8 Å². The lowest BCUT2D eigenvalue weighted by Gasteiger charge is -2.33. The van der Waals surface area contributed by atoms with E-state index in [0.717, 1.165) is 23.1 Å². The molecule has 2 aromatic carbocycles. The number of sulfonamides is 1. The second-order valence-corrected chi connectivity index (χ2v) is 14.5. The van der Waals surface area contributed by atoms with Crippen molar-refractivity contribution < 1.29 is 47.2 Å². The summed E-state index contributed by atoms with van der Waals surface area (Å²) in [4.78, 5) is 26.3. The number of ether oxygens (including phenoxy) is 4. The summed E-state index contributed by atoms with van der Waals surface area (Å²) in [6, 6.07) is 10.5. The van der Waals surface area contributed by atoms with Crippen molar-refractivity contribution in [2.24, 2.45) is 0 Å². The molecule has 3 unspecified atom stereocenters. The number of carbonyl (C=O) groups is 2. The van der Waals surface area contributed by atoms with Gasteiger partial charge in [0.05, 0.1) is 44.5 Å². The molecule has 0 spiro atoms. The zero-order valence-corrected chi connectivity index (χ0v) is 30.9. The molecule has 3 rings (SSSR count). The highest BCUT2D eigenvalue weighted by Gasteiger charge is 2.30. The lowest BCUT2D eigenvalue weighted by molar-refractivity contribution is -0.145. The molecule has 50 heavy (non-hydrogen) atoms. The van der Waals surface area contributed by atoms with Crippen molar-refractivity contribution in [2.45, 2.75) is 55.8 Å². The Kier molecular flexibility index (Phi) is 18.6. The molecule has 3 atom stereocenters. The standard InChI is InChI=1S/C34H49Cl2N3O10S/c1-3-11-46-12-5-8-31(40)32(41)33(42)34(43)37-9-13-47-15-17-49-18-16-48-14-10-38-50(44,45)26-7-4-6-24(19-26)28-22-39(2)23-29-27(28)20-25(35)21-30(29)36/h4,6-7,19-21,28,32-33,38,41-42H,3,5,8-18,22-23H2,1-2H3,(H,37,43). The van der Waals surface area contributed by atoms with Gasteiger partial charge in [-0.1, -0.05) is 42.3 Å². The molecule has 0 saturated carbocycles. The molecule has 280 valence electrons. The Hall–Kier alpha value is -2.21. The van der Waals surface area contributed by atoms with Crippen molar-refractivity contribution in [3.8, 4) is 0 Å². The van der Waals surface area contributed by atoms with Crippen LogP contribution in [0.25, 0.3) is 0 Å². The van der Waals surface area contributed by atoms with E-state index in [1.165, 1.54) is 0 Å². The fraction of sp³-hybridized carbons (Fsp3) is 0.588. The quantitative estimate of drug-likeness (QED) is 0.116. The first-order valence-corrected chi connectivity index (χ1v) is 18.9. The van der Waals surface area contributed by atoms with Crippen LogP contribution in [0.1, 0.15) is 48.8 Å². The van der Waals surface area contributed by atoms with Crippen LogP contribution in [0.5, 0.6) is 0 Å². The third kappa shape index (κ3) is 13.7. The van der Waals surface area contributed by atoms with Gasteiger partial charge < -0.3 is 39.4 Å². The second-order valence-electron chi connectivity index (χ2n) is 11.9. The Labute approximate surface area is 304 Å². The number of hydrogen-bond acceptors (Lipinski definition) is 11. The molecule has 13 nitrogen and oxygen atoms in total. The largest absolute Gasteiger partial charge is 0.382 e. The minimum atomic E-state index is -3.78. The first-order chi connectivity index (χ1) is 23.9. The molecule has 16 heteroatoms. The molecule has 1 aliphatic heterocycles. The lowest BCUT2D eigenvalue weighted by atomic mass is 9.85. The highest BCUT2D eigenvalue weighted by atomic mass is 35.5. The number of halogens is 2. The van der Waals surface area contributed by atoms with E-state index in [2.05, 4.69) is 14.9 Å². The number of Topliss-reactive ketones (excluding diaryl/α,β-unsaturated/α-hetero) is 1. The number of nitrogens with one attached hydrogen (secondary N) is 2. The summed E-state index contributed by atoms with van der Waals surface area (Å²) < 4.78 is 50.2. The van der Waals surface area contributed by atoms with E-state index in [-0.39, 0.29) is 70.0 Å². The normalized spacial score (nSPS) is 16.2. The van der Waals surface area contributed by atoms with Crippen LogP contribution in [0.4, 0.5) is 0 Å². The molecule has 0 bridgehead atoms. The number of amides is 1. The SMILES string of the molecule is CCCOCCCC(=O)C(O)C(O)C(=O)NCCOCCOCCOCCNS(=O)(=O)c1cccc(C2CN(C)Cc3c(Cl)cc(Cl)cc32)c1. The molecule has 1 heterocycles. The number of benzene rings is 2. The summed E-state index contributed by atoms with van der Waals surface area (Å²) in [5.74, 6) is -1.58. The van der Waals surface area contributed by atoms with Crippen LogP contribution in [0.15, 0.2) is 41.3 Å². The van der Waals surface area contributed by atoms with Crippen LogP contribution in [0.2, 0.25) is 10.0 Å². The summed E-state index contributed by atoms with van der Waals surface area (Å²) in [6.45, 7) is 5.74. The number of aliphatic hydroxyl groups excluding tert-OH is 2. The van der Waals surface area contributed by atoms with Crippen LogP contribution in [0.3, 0.4) is 0 Å². The van der Waals surface area contributed by atoms with Crippen molar-refractivity contribution in [1.29, 1.82) is 0 Å². The Bertz CT molecular complexity index is 1480. The number of likely N-dealkylation sites (N-methyl/N-ethyl adjacent to an activating group) is 1. The van der Waals surface area contributed by atoms with Gasteiger partial charge in [-0.15, -0.1) is 0 Å². The monoisotopic (exact) mass is 761 g/mol. The van der Waals surface area contributed by atoms with Gasteiger partial charge in [0.25, 0.3) is 5.91 Å². The maximum atomic E-state index is 13.0. The van der Waals surface area contributed by atoms with Gasteiger partial charge in [0.15, 0.2) is 11.9 Å². The number of hydrogen-bond donors (Lipinski definition) is 4. The Morgan fingerprint density at radius 2 is 1.58 bits per heavy atom. The topological polar surface area (TPSA) is 173 Å². The van der Waals surface area contributed by atoms with Crippen LogP contribution in [-0.4, -0.2) is 127 Å². The van der Waals surface area contributed by atoms with Gasteiger partial charge in [-0.2, -0.15) is 0 Å². The zero-order valence-electron chi connectivity index (χ0n) is 28.6. The summed E-state index contributed by atoms with van der Waals surface area (Å²) in [5.41, 5.74) is 2.83. The van der Waals surface area contributed by atoms with E-state index >= 15 is 0 Å². The minimum absolute atomic E-state index is 0.000111. The number of carbonyl (C=O) groups excluding carboxylic acids is 2. The summed E-state index contributed by atoms with van der Waals surface area (Å²) in [6.07, 6.45) is -2.41. The average molecular weight is 763 g/mol. The molecule has 0 saturated heterocycles. The van der Waals surface area contributed by atoms with Crippen LogP contribution in [0, 0.1) is 0 Å². The fourth-order valence-corrected chi connectivity index (χ4v) is 6.95. The van der Waals surface area contributed by atoms with Crippen molar-refractivity contribution in [3.63, 3.8) is 0 Å². The third-order valence-corrected chi connectivity index (χ3v) is 9.86. The fourth-order valence-electron chi connectivity index (χ4n) is 5.32. The van der Waals surface area contributed by atoms with Gasteiger partial charge in [-0.25, -0.2) is 13.1 Å². The van der Waals surface area contributed by atoms with Crippen molar-refractivity contribution in [2.75, 3.05) is 79.5 Å². The van der Waals surface area contributed by atoms with Gasteiger partial charge in [0, 0.05) is 61.8 Å². The Morgan fingerprint density at radius 3 is 2.28 bits per heavy atom. The molecule has 2 aromatic rings. The van der Waals surface area contributed by atoms with Gasteiger partial charge in [0.2, 0.25) is 10.0 Å². The number of aliphatic hydroxyl groups is 2. The molecular formula is C34H49Cl2N3O10S. The first kappa shape index (κ1) is 42.2. The van der Waals surface area contributed by atoms with Gasteiger partial charge in [0.1, 0.15) is 6.10 Å². The van der Waals surface area contributed by atoms with E-state index in [4.69, 9.17) is 42.1 Å². The van der Waals surface area contributed by atoms with Crippen molar-refractivity contribution in [3.05, 3.63) is 63.1 Å². The number of nitrogens with zero attached hydrogens (tertiary/aromatic N) is 1. The first-order valence-electron chi connectivity index (χ1n) is 16.7. The van der Waals surface area contributed by atoms with Crippen LogP contribution < -0.4 is 10.0 Å². The second kappa shape index (κ2) is 22.0. The van der Waals surface area contributed by atoms with Gasteiger partial charge in [-0.05, 0) is 60.8 Å². The summed E-state index contributed by atoms with van der Waals surface area (Å²) in [7, 11) is -1.79. The van der Waals surface area contributed by atoms with Crippen molar-refractivity contribution >= 4 is 44.9 Å². The number of rotatable bonds is 24. The Balaban J connectivity index is 1.25.